The number of carbonyl (C=O) groups is 1. The third kappa shape index (κ3) is 6.82. The van der Waals surface area contributed by atoms with Gasteiger partial charge in [0, 0.05) is 17.4 Å². The van der Waals surface area contributed by atoms with Crippen molar-refractivity contribution in [2.24, 2.45) is 0 Å². The number of nitrogens with one attached hydrogen (secondary N) is 1. The van der Waals surface area contributed by atoms with Crippen molar-refractivity contribution in [2.75, 3.05) is 12.9 Å². The van der Waals surface area contributed by atoms with Gasteiger partial charge in [-0.25, -0.2) is 0 Å². The molecule has 0 saturated carbocycles. The van der Waals surface area contributed by atoms with Crippen LogP contribution in [0.2, 0.25) is 0 Å². The standard InChI is InChI=1S/C17H25NO2S/c1-13(9-10-15-7-5-4-6-8-15)11-17(20)18-14(2)16(12-19)21-3/h4-8,11,14,16,19H,9-10,12H2,1-3H3,(H,18,20)/b13-11-. The Kier molecular flexibility index (Phi) is 8.16. The first-order chi connectivity index (χ1) is 10.1. The van der Waals surface area contributed by atoms with Crippen LogP contribution in [0.1, 0.15) is 25.8 Å². The largest absolute Gasteiger partial charge is 0.395 e. The van der Waals surface area contributed by atoms with Gasteiger partial charge >= 0.3 is 0 Å². The Labute approximate surface area is 131 Å². The van der Waals surface area contributed by atoms with Crippen LogP contribution in [0, 0.1) is 0 Å². The van der Waals surface area contributed by atoms with Crippen LogP contribution in [0.5, 0.6) is 0 Å². The number of hydrogen-bond acceptors (Lipinski definition) is 3. The predicted octanol–water partition coefficient (Wildman–Crippen LogP) is 2.79. The lowest BCUT2D eigenvalue weighted by atomic mass is 10.1. The van der Waals surface area contributed by atoms with Crippen LogP contribution >= 0.6 is 11.8 Å². The van der Waals surface area contributed by atoms with Gasteiger partial charge < -0.3 is 10.4 Å². The zero-order valence-corrected chi connectivity index (χ0v) is 13.8. The van der Waals surface area contributed by atoms with Gasteiger partial charge in [0.05, 0.1) is 6.61 Å². The van der Waals surface area contributed by atoms with E-state index in [0.29, 0.717) is 0 Å². The molecule has 0 aliphatic carbocycles. The van der Waals surface area contributed by atoms with Crippen molar-refractivity contribution in [3.63, 3.8) is 0 Å². The maximum absolute atomic E-state index is 11.9. The molecule has 0 radical (unpaired) electrons. The van der Waals surface area contributed by atoms with Gasteiger partial charge in [0.1, 0.15) is 0 Å². The summed E-state index contributed by atoms with van der Waals surface area (Å²) in [5.41, 5.74) is 2.34. The van der Waals surface area contributed by atoms with E-state index >= 15 is 0 Å². The minimum atomic E-state index is -0.0828. The van der Waals surface area contributed by atoms with E-state index < -0.39 is 0 Å². The molecule has 1 aromatic carbocycles. The third-order valence-corrected chi connectivity index (χ3v) is 4.60. The molecule has 0 aliphatic rings. The summed E-state index contributed by atoms with van der Waals surface area (Å²) in [4.78, 5) is 11.9. The number of rotatable bonds is 8. The second-order valence-electron chi connectivity index (χ2n) is 5.23. The normalized spacial score (nSPS) is 14.6. The molecule has 1 amide bonds. The zero-order chi connectivity index (χ0) is 15.7. The highest BCUT2D eigenvalue weighted by molar-refractivity contribution is 7.99. The van der Waals surface area contributed by atoms with Gasteiger partial charge in [0.15, 0.2) is 0 Å². The molecule has 0 spiro atoms. The summed E-state index contributed by atoms with van der Waals surface area (Å²) in [6.07, 6.45) is 5.41. The van der Waals surface area contributed by atoms with Gasteiger partial charge in [-0.1, -0.05) is 35.9 Å². The lowest BCUT2D eigenvalue weighted by Crippen LogP contribution is -2.40. The van der Waals surface area contributed by atoms with E-state index in [1.165, 1.54) is 5.56 Å². The minimum absolute atomic E-state index is 0.0342. The molecule has 2 N–H and O–H groups in total. The van der Waals surface area contributed by atoms with Crippen molar-refractivity contribution >= 4 is 17.7 Å². The first kappa shape index (κ1) is 17.8. The molecule has 1 rings (SSSR count). The Morgan fingerprint density at radius 3 is 2.62 bits per heavy atom. The molecule has 0 fully saturated rings. The molecule has 3 nitrogen and oxygen atoms in total. The molecule has 0 aliphatic heterocycles. The molecular weight excluding hydrogens is 282 g/mol. The van der Waals surface area contributed by atoms with E-state index in [4.69, 9.17) is 0 Å². The maximum atomic E-state index is 11.9. The summed E-state index contributed by atoms with van der Waals surface area (Å²) in [7, 11) is 0. The molecule has 0 heterocycles. The van der Waals surface area contributed by atoms with Crippen LogP contribution in [-0.4, -0.2) is 35.2 Å². The van der Waals surface area contributed by atoms with Crippen LogP contribution in [0.25, 0.3) is 0 Å². The smallest absolute Gasteiger partial charge is 0.244 e. The molecule has 0 bridgehead atoms. The van der Waals surface area contributed by atoms with Crippen LogP contribution < -0.4 is 5.32 Å². The lowest BCUT2D eigenvalue weighted by molar-refractivity contribution is -0.117. The van der Waals surface area contributed by atoms with Crippen molar-refractivity contribution in [1.29, 1.82) is 0 Å². The third-order valence-electron chi connectivity index (χ3n) is 3.44. The first-order valence-electron chi connectivity index (χ1n) is 7.22. The molecule has 116 valence electrons. The zero-order valence-electron chi connectivity index (χ0n) is 13.0. The highest BCUT2D eigenvalue weighted by Crippen LogP contribution is 2.11. The SMILES string of the molecule is CSC(CO)C(C)NC(=O)/C=C(/C)CCc1ccccc1. The fourth-order valence-electron chi connectivity index (χ4n) is 2.08. The topological polar surface area (TPSA) is 49.3 Å². The van der Waals surface area contributed by atoms with E-state index in [0.717, 1.165) is 18.4 Å². The number of allylic oxidation sites excluding steroid dienone is 1. The molecule has 4 heteroatoms. The van der Waals surface area contributed by atoms with Crippen LogP contribution in [0.4, 0.5) is 0 Å². The number of hydrogen-bond donors (Lipinski definition) is 2. The lowest BCUT2D eigenvalue weighted by Gasteiger charge is -2.20. The molecule has 1 aromatic rings. The van der Waals surface area contributed by atoms with Crippen molar-refractivity contribution in [2.45, 2.75) is 38.0 Å². The van der Waals surface area contributed by atoms with E-state index in [-0.39, 0.29) is 23.8 Å². The average Bonchev–Trinajstić information content (AvgIpc) is 2.47. The van der Waals surface area contributed by atoms with Crippen molar-refractivity contribution in [1.82, 2.24) is 5.32 Å². The molecular formula is C17H25NO2S. The number of aliphatic hydroxyl groups excluding tert-OH is 1. The summed E-state index contributed by atoms with van der Waals surface area (Å²) >= 11 is 1.56. The second kappa shape index (κ2) is 9.64. The quantitative estimate of drug-likeness (QED) is 0.726. The van der Waals surface area contributed by atoms with Crippen LogP contribution in [0.3, 0.4) is 0 Å². The van der Waals surface area contributed by atoms with Gasteiger partial charge in [-0.2, -0.15) is 11.8 Å². The maximum Gasteiger partial charge on any atom is 0.244 e. The first-order valence-corrected chi connectivity index (χ1v) is 8.50. The number of aryl methyl sites for hydroxylation is 1. The molecule has 21 heavy (non-hydrogen) atoms. The predicted molar refractivity (Wildman–Crippen MR) is 90.5 cm³/mol. The van der Waals surface area contributed by atoms with E-state index in [1.54, 1.807) is 17.8 Å². The monoisotopic (exact) mass is 307 g/mol. The van der Waals surface area contributed by atoms with Crippen molar-refractivity contribution in [3.8, 4) is 0 Å². The van der Waals surface area contributed by atoms with Gasteiger partial charge in [0.2, 0.25) is 5.91 Å². The average molecular weight is 307 g/mol. The van der Waals surface area contributed by atoms with Gasteiger partial charge in [0.25, 0.3) is 0 Å². The Balaban J connectivity index is 2.44. The molecule has 0 saturated heterocycles. The molecule has 0 aromatic heterocycles. The van der Waals surface area contributed by atoms with E-state index in [9.17, 15) is 9.90 Å². The summed E-state index contributed by atoms with van der Waals surface area (Å²) in [5, 5.41) is 12.2. The Morgan fingerprint density at radius 2 is 2.05 bits per heavy atom. The number of aliphatic hydroxyl groups is 1. The van der Waals surface area contributed by atoms with Gasteiger partial charge in [-0.15, -0.1) is 0 Å². The highest BCUT2D eigenvalue weighted by atomic mass is 32.2. The van der Waals surface area contributed by atoms with Crippen LogP contribution in [0.15, 0.2) is 42.0 Å². The Morgan fingerprint density at radius 1 is 1.38 bits per heavy atom. The minimum Gasteiger partial charge on any atom is -0.395 e. The number of carbonyl (C=O) groups excluding carboxylic acids is 1. The molecule has 2 atom stereocenters. The summed E-state index contributed by atoms with van der Waals surface area (Å²) < 4.78 is 0. The van der Waals surface area contributed by atoms with E-state index in [2.05, 4.69) is 17.4 Å². The number of benzene rings is 1. The fraction of sp³-hybridized carbons (Fsp3) is 0.471. The summed E-state index contributed by atoms with van der Waals surface area (Å²) in [6, 6.07) is 10.2. The Hall–Kier alpha value is -1.26. The van der Waals surface area contributed by atoms with Crippen molar-refractivity contribution in [3.05, 3.63) is 47.5 Å². The van der Waals surface area contributed by atoms with Gasteiger partial charge in [-0.05, 0) is 38.5 Å². The van der Waals surface area contributed by atoms with Crippen molar-refractivity contribution < 1.29 is 9.90 Å². The van der Waals surface area contributed by atoms with Gasteiger partial charge in [-0.3, -0.25) is 4.79 Å². The highest BCUT2D eigenvalue weighted by Gasteiger charge is 2.16. The second-order valence-corrected chi connectivity index (χ2v) is 6.31. The number of amides is 1. The van der Waals surface area contributed by atoms with E-state index in [1.807, 2.05) is 38.3 Å². The summed E-state index contributed by atoms with van der Waals surface area (Å²) in [5.74, 6) is -0.0828. The Bertz CT molecular complexity index is 455. The molecule has 2 unspecified atom stereocenters. The number of thioether (sulfide) groups is 1. The van der Waals surface area contributed by atoms with Crippen LogP contribution in [-0.2, 0) is 11.2 Å². The summed E-state index contributed by atoms with van der Waals surface area (Å²) in [6.45, 7) is 3.97. The fourth-order valence-corrected chi connectivity index (χ4v) is 2.70.